The van der Waals surface area contributed by atoms with Crippen LogP contribution >= 0.6 is 0 Å². The van der Waals surface area contributed by atoms with Crippen LogP contribution in [0.5, 0.6) is 5.75 Å². The fraction of sp³-hybridized carbons (Fsp3) is 0.273. The molecule has 33 heavy (non-hydrogen) atoms. The van der Waals surface area contributed by atoms with E-state index in [9.17, 15) is 13.6 Å². The number of carbonyl (C=O) groups is 1. The van der Waals surface area contributed by atoms with Crippen LogP contribution in [0.1, 0.15) is 30.0 Å². The first-order valence-corrected chi connectivity index (χ1v) is 10.5. The molecule has 0 radical (unpaired) electrons. The van der Waals surface area contributed by atoms with Gasteiger partial charge in [-0.1, -0.05) is 0 Å². The number of aryl methyl sites for hydroxylation is 1. The Kier molecular flexibility index (Phi) is 5.37. The maximum Gasteiger partial charge on any atom is 0.413 e. The van der Waals surface area contributed by atoms with Gasteiger partial charge in [0.05, 0.1) is 18.4 Å². The maximum absolute atomic E-state index is 14.4. The fourth-order valence-electron chi connectivity index (χ4n) is 4.08. The summed E-state index contributed by atoms with van der Waals surface area (Å²) in [6.45, 7) is 0.902. The number of hydrogen-bond donors (Lipinski definition) is 1. The van der Waals surface area contributed by atoms with E-state index in [0.717, 1.165) is 24.1 Å². The van der Waals surface area contributed by atoms with Crippen LogP contribution in [0, 0.1) is 11.6 Å². The monoisotopic (exact) mass is 453 g/mol. The first kappa shape index (κ1) is 20.9. The molecule has 0 saturated carbocycles. The summed E-state index contributed by atoms with van der Waals surface area (Å²) >= 11 is 0. The summed E-state index contributed by atoms with van der Waals surface area (Å²) in [6, 6.07) is 4.90. The van der Waals surface area contributed by atoms with Crippen LogP contribution < -0.4 is 15.0 Å². The highest BCUT2D eigenvalue weighted by molar-refractivity contribution is 5.73. The van der Waals surface area contributed by atoms with Crippen molar-refractivity contribution in [2.45, 2.75) is 25.4 Å². The quantitative estimate of drug-likeness (QED) is 0.498. The third kappa shape index (κ3) is 4.21. The lowest BCUT2D eigenvalue weighted by Gasteiger charge is -2.26. The van der Waals surface area contributed by atoms with Crippen molar-refractivity contribution < 1.29 is 18.3 Å². The lowest BCUT2D eigenvalue weighted by Crippen LogP contribution is -2.26. The van der Waals surface area contributed by atoms with E-state index in [1.807, 2.05) is 4.90 Å². The van der Waals surface area contributed by atoms with Crippen LogP contribution in [0.4, 0.5) is 19.4 Å². The van der Waals surface area contributed by atoms with Crippen LogP contribution in [0.25, 0.3) is 5.65 Å². The van der Waals surface area contributed by atoms with Crippen molar-refractivity contribution in [1.29, 1.82) is 0 Å². The molecule has 170 valence electrons. The highest BCUT2D eigenvalue weighted by Crippen LogP contribution is 2.37. The molecule has 11 heteroatoms. The first-order valence-electron chi connectivity index (χ1n) is 10.5. The second-order valence-electron chi connectivity index (χ2n) is 7.85. The molecular formula is C22H21F2N7O2. The summed E-state index contributed by atoms with van der Waals surface area (Å²) in [5.74, 6) is -0.179. The number of hydrogen-bond acceptors (Lipinski definition) is 6. The van der Waals surface area contributed by atoms with E-state index in [1.54, 1.807) is 36.4 Å². The highest BCUT2D eigenvalue weighted by Gasteiger charge is 2.30. The van der Waals surface area contributed by atoms with Gasteiger partial charge >= 0.3 is 6.09 Å². The van der Waals surface area contributed by atoms with Crippen molar-refractivity contribution >= 4 is 17.6 Å². The minimum atomic E-state index is -0.651. The van der Waals surface area contributed by atoms with Gasteiger partial charge < -0.3 is 15.0 Å². The molecule has 1 saturated heterocycles. The Hall–Kier alpha value is -4.02. The van der Waals surface area contributed by atoms with Crippen LogP contribution in [0.2, 0.25) is 0 Å². The average molecular weight is 453 g/mol. The van der Waals surface area contributed by atoms with E-state index in [4.69, 9.17) is 4.74 Å². The third-order valence-electron chi connectivity index (χ3n) is 5.58. The normalized spacial score (nSPS) is 15.8. The zero-order valence-corrected chi connectivity index (χ0v) is 17.8. The number of nitrogens with zero attached hydrogens (tertiary/aromatic N) is 6. The van der Waals surface area contributed by atoms with Crippen molar-refractivity contribution in [3.8, 4) is 5.75 Å². The highest BCUT2D eigenvalue weighted by atomic mass is 19.1. The number of aromatic nitrogens is 5. The molecule has 3 aromatic heterocycles. The molecule has 4 aromatic rings. The molecule has 0 aliphatic carbocycles. The molecule has 1 aliphatic heterocycles. The Morgan fingerprint density at radius 2 is 2.12 bits per heavy atom. The van der Waals surface area contributed by atoms with Gasteiger partial charge in [0.25, 0.3) is 0 Å². The predicted octanol–water partition coefficient (Wildman–Crippen LogP) is 3.37. The van der Waals surface area contributed by atoms with Crippen LogP contribution in [-0.2, 0) is 13.6 Å². The van der Waals surface area contributed by atoms with Crippen LogP contribution in [-0.4, -0.2) is 37.0 Å². The molecule has 1 aliphatic rings. The summed E-state index contributed by atoms with van der Waals surface area (Å²) in [4.78, 5) is 18.8. The number of anilines is 1. The maximum atomic E-state index is 14.4. The lowest BCUT2D eigenvalue weighted by molar-refractivity contribution is 0.200. The van der Waals surface area contributed by atoms with Gasteiger partial charge in [-0.25, -0.2) is 23.1 Å². The minimum Gasteiger partial charge on any atom is -0.405 e. The van der Waals surface area contributed by atoms with Gasteiger partial charge in [0.1, 0.15) is 17.5 Å². The van der Waals surface area contributed by atoms with E-state index in [1.165, 1.54) is 16.8 Å². The molecule has 1 fully saturated rings. The largest absolute Gasteiger partial charge is 0.413 e. The number of benzene rings is 1. The topological polar surface area (TPSA) is 89.6 Å². The number of ether oxygens (including phenoxy) is 1. The van der Waals surface area contributed by atoms with Gasteiger partial charge in [0.2, 0.25) is 5.65 Å². The molecule has 1 amide bonds. The number of halogens is 2. The number of carbonyl (C=O) groups excluding carboxylic acids is 1. The molecule has 4 heterocycles. The molecule has 1 aromatic carbocycles. The lowest BCUT2D eigenvalue weighted by atomic mass is 10.0. The summed E-state index contributed by atoms with van der Waals surface area (Å²) in [7, 11) is 1.79. The SMILES string of the molecule is Cn1cc(CNC(=O)Oc2cnn3ccc(N4CCC[C@@H]4c4cc(F)ccc4F)nc23)cn1. The van der Waals surface area contributed by atoms with Gasteiger partial charge in [0, 0.05) is 43.7 Å². The first-order chi connectivity index (χ1) is 16.0. The van der Waals surface area contributed by atoms with Gasteiger partial charge in [-0.15, -0.1) is 0 Å². The van der Waals surface area contributed by atoms with Crippen LogP contribution in [0.15, 0.2) is 49.1 Å². The third-order valence-corrected chi connectivity index (χ3v) is 5.58. The summed E-state index contributed by atoms with van der Waals surface area (Å²) in [5, 5.41) is 10.9. The minimum absolute atomic E-state index is 0.188. The molecule has 1 N–H and O–H groups in total. The number of amides is 1. The van der Waals surface area contributed by atoms with Crippen molar-refractivity contribution in [2.24, 2.45) is 7.05 Å². The van der Waals surface area contributed by atoms with Crippen LogP contribution in [0.3, 0.4) is 0 Å². The zero-order chi connectivity index (χ0) is 22.9. The Morgan fingerprint density at radius 3 is 2.94 bits per heavy atom. The van der Waals surface area contributed by atoms with E-state index in [2.05, 4.69) is 20.5 Å². The molecule has 0 bridgehead atoms. The molecule has 0 unspecified atom stereocenters. The number of fused-ring (bicyclic) bond motifs is 1. The second kappa shape index (κ2) is 8.49. The van der Waals surface area contributed by atoms with E-state index >= 15 is 0 Å². The Labute approximate surface area is 187 Å². The molecule has 5 rings (SSSR count). The zero-order valence-electron chi connectivity index (χ0n) is 17.8. The van der Waals surface area contributed by atoms with E-state index < -0.39 is 17.7 Å². The fourth-order valence-corrected chi connectivity index (χ4v) is 4.08. The van der Waals surface area contributed by atoms with E-state index in [0.29, 0.717) is 30.0 Å². The molecule has 9 nitrogen and oxygen atoms in total. The number of nitrogens with one attached hydrogen (secondary N) is 1. The van der Waals surface area contributed by atoms with Gasteiger partial charge in [-0.05, 0) is 37.1 Å². The number of rotatable bonds is 5. The standard InChI is InChI=1S/C22H21F2N7O2/c1-29-13-14(11-26-29)10-25-22(32)33-19-12-27-31-8-6-20(28-21(19)31)30-7-2-3-18(30)16-9-15(23)4-5-17(16)24/h4-6,8-9,11-13,18H,2-3,7,10H2,1H3,(H,25,32)/t18-/m1/s1. The van der Waals surface area contributed by atoms with E-state index in [-0.39, 0.29) is 18.3 Å². The molecular weight excluding hydrogens is 432 g/mol. The smallest absolute Gasteiger partial charge is 0.405 e. The average Bonchev–Trinajstić information content (AvgIpc) is 3.54. The Bertz CT molecular complexity index is 1320. The summed E-state index contributed by atoms with van der Waals surface area (Å²) in [5.41, 5.74) is 1.47. The summed E-state index contributed by atoms with van der Waals surface area (Å²) < 4.78 is 36.7. The second-order valence-corrected chi connectivity index (χ2v) is 7.85. The van der Waals surface area contributed by atoms with Gasteiger partial charge in [-0.3, -0.25) is 4.68 Å². The van der Waals surface area contributed by atoms with Crippen molar-refractivity contribution in [3.05, 3.63) is 71.8 Å². The van der Waals surface area contributed by atoms with Crippen molar-refractivity contribution in [1.82, 2.24) is 29.7 Å². The Balaban J connectivity index is 1.36. The molecule has 0 spiro atoms. The predicted molar refractivity (Wildman–Crippen MR) is 115 cm³/mol. The summed E-state index contributed by atoms with van der Waals surface area (Å²) in [6.07, 6.45) is 7.37. The van der Waals surface area contributed by atoms with Crippen molar-refractivity contribution in [3.63, 3.8) is 0 Å². The van der Waals surface area contributed by atoms with Gasteiger partial charge in [-0.2, -0.15) is 10.2 Å². The Morgan fingerprint density at radius 1 is 1.24 bits per heavy atom. The molecule has 1 atom stereocenters. The van der Waals surface area contributed by atoms with Crippen molar-refractivity contribution in [2.75, 3.05) is 11.4 Å². The van der Waals surface area contributed by atoms with Gasteiger partial charge in [0.15, 0.2) is 5.75 Å².